The summed E-state index contributed by atoms with van der Waals surface area (Å²) in [5, 5.41) is 3.20. The van der Waals surface area contributed by atoms with Crippen molar-refractivity contribution in [2.24, 2.45) is 0 Å². The van der Waals surface area contributed by atoms with Crippen LogP contribution in [0.5, 0.6) is 5.75 Å². The van der Waals surface area contributed by atoms with Crippen LogP contribution < -0.4 is 10.1 Å². The van der Waals surface area contributed by atoms with Gasteiger partial charge in [0.1, 0.15) is 11.6 Å². The van der Waals surface area contributed by atoms with E-state index in [1.54, 1.807) is 18.3 Å². The van der Waals surface area contributed by atoms with Crippen molar-refractivity contribution in [3.05, 3.63) is 35.9 Å². The van der Waals surface area contributed by atoms with Crippen LogP contribution in [-0.4, -0.2) is 61.4 Å². The summed E-state index contributed by atoms with van der Waals surface area (Å²) in [7, 11) is 3.59. The number of methoxy groups -OCH3 is 1. The van der Waals surface area contributed by atoms with Gasteiger partial charge in [-0.1, -0.05) is 0 Å². The van der Waals surface area contributed by atoms with Crippen LogP contribution in [0.2, 0.25) is 0 Å². The Bertz CT molecular complexity index is 747. The highest BCUT2D eigenvalue weighted by molar-refractivity contribution is 5.85. The van der Waals surface area contributed by atoms with Gasteiger partial charge in [-0.3, -0.25) is 0 Å². The molecule has 1 saturated heterocycles. The van der Waals surface area contributed by atoms with Crippen molar-refractivity contribution >= 4 is 18.4 Å². The second-order valence-electron chi connectivity index (χ2n) is 6.17. The van der Waals surface area contributed by atoms with Gasteiger partial charge in [-0.15, -0.1) is 12.4 Å². The van der Waals surface area contributed by atoms with Crippen molar-refractivity contribution < 1.29 is 13.9 Å². The molecule has 8 heteroatoms. The van der Waals surface area contributed by atoms with E-state index in [1.807, 2.05) is 6.92 Å². The Morgan fingerprint density at radius 1 is 1.38 bits per heavy atom. The maximum Gasteiger partial charge on any atom is 0.222 e. The largest absolute Gasteiger partial charge is 0.497 e. The number of nitrogens with one attached hydrogen (secondary N) is 1. The van der Waals surface area contributed by atoms with Crippen LogP contribution in [0.1, 0.15) is 5.69 Å². The fourth-order valence-corrected chi connectivity index (χ4v) is 2.85. The Morgan fingerprint density at radius 3 is 2.85 bits per heavy atom. The Labute approximate surface area is 159 Å². The van der Waals surface area contributed by atoms with E-state index in [0.717, 1.165) is 19.7 Å². The number of aromatic nitrogens is 2. The van der Waals surface area contributed by atoms with Gasteiger partial charge in [0, 0.05) is 43.0 Å². The summed E-state index contributed by atoms with van der Waals surface area (Å²) in [6, 6.07) is 4.76. The lowest BCUT2D eigenvalue weighted by Crippen LogP contribution is -2.43. The van der Waals surface area contributed by atoms with Gasteiger partial charge in [-0.2, -0.15) is 0 Å². The molecule has 0 amide bonds. The Morgan fingerprint density at radius 2 is 2.19 bits per heavy atom. The van der Waals surface area contributed by atoms with Crippen LogP contribution in [-0.2, 0) is 4.74 Å². The molecule has 1 N–H and O–H groups in total. The van der Waals surface area contributed by atoms with E-state index in [-0.39, 0.29) is 24.3 Å². The quantitative estimate of drug-likeness (QED) is 0.858. The molecule has 142 valence electrons. The zero-order chi connectivity index (χ0) is 17.8. The first kappa shape index (κ1) is 20.4. The monoisotopic (exact) mass is 382 g/mol. The third-order valence-electron chi connectivity index (χ3n) is 4.28. The number of morpholine rings is 1. The smallest absolute Gasteiger partial charge is 0.222 e. The van der Waals surface area contributed by atoms with Crippen LogP contribution in [0.3, 0.4) is 0 Å². The topological polar surface area (TPSA) is 59.5 Å². The number of likely N-dealkylation sites (N-methyl/N-ethyl adjacent to an activating group) is 1. The summed E-state index contributed by atoms with van der Waals surface area (Å²) < 4.78 is 25.0. The van der Waals surface area contributed by atoms with E-state index in [9.17, 15) is 4.39 Å². The molecule has 1 aromatic heterocycles. The van der Waals surface area contributed by atoms with E-state index >= 15 is 0 Å². The number of hydrogen-bond donors (Lipinski definition) is 1. The predicted molar refractivity (Wildman–Crippen MR) is 102 cm³/mol. The van der Waals surface area contributed by atoms with Crippen LogP contribution in [0, 0.1) is 12.7 Å². The average Bonchev–Trinajstić information content (AvgIpc) is 2.60. The van der Waals surface area contributed by atoms with Gasteiger partial charge in [0.2, 0.25) is 5.95 Å². The maximum atomic E-state index is 14.3. The average molecular weight is 383 g/mol. The Kier molecular flexibility index (Phi) is 7.14. The molecule has 26 heavy (non-hydrogen) atoms. The molecular weight excluding hydrogens is 359 g/mol. The lowest BCUT2D eigenvalue weighted by Gasteiger charge is -2.30. The fraction of sp³-hybridized carbons (Fsp3) is 0.444. The van der Waals surface area contributed by atoms with E-state index in [2.05, 4.69) is 27.2 Å². The van der Waals surface area contributed by atoms with E-state index < -0.39 is 0 Å². The fourth-order valence-electron chi connectivity index (χ4n) is 2.85. The van der Waals surface area contributed by atoms with E-state index in [1.165, 1.54) is 13.2 Å². The summed E-state index contributed by atoms with van der Waals surface area (Å²) in [5.74, 6) is 0.646. The third kappa shape index (κ3) is 4.81. The first-order chi connectivity index (χ1) is 12.1. The molecule has 0 radical (unpaired) electrons. The molecule has 3 rings (SSSR count). The number of rotatable bonds is 5. The molecule has 2 aromatic rings. The number of aryl methyl sites for hydroxylation is 1. The number of ether oxygens (including phenoxy) is 2. The minimum Gasteiger partial charge on any atom is -0.497 e. The molecule has 1 unspecified atom stereocenters. The van der Waals surface area contributed by atoms with Gasteiger partial charge in [0.25, 0.3) is 0 Å². The predicted octanol–water partition coefficient (Wildman–Crippen LogP) is 2.76. The molecular formula is C18H24ClFN4O2. The van der Waals surface area contributed by atoms with E-state index in [0.29, 0.717) is 35.1 Å². The number of hydrogen-bond acceptors (Lipinski definition) is 6. The Hall–Kier alpha value is -1.96. The summed E-state index contributed by atoms with van der Waals surface area (Å²) >= 11 is 0. The molecule has 2 heterocycles. The second-order valence-corrected chi connectivity index (χ2v) is 6.17. The van der Waals surface area contributed by atoms with Crippen LogP contribution in [0.4, 0.5) is 10.3 Å². The van der Waals surface area contributed by atoms with Crippen molar-refractivity contribution in [2.75, 3.05) is 45.7 Å². The standard InChI is InChI=1S/C18H23FN4O2.ClH/c1-12-16(15-5-4-13(24-3)8-17(15)19)10-21-18(22-12)20-9-14-11-23(2)6-7-25-14;/h4-5,8,10,14H,6-7,9,11H2,1-3H3,(H,20,21,22);1H. The molecule has 0 saturated carbocycles. The number of halogens is 2. The van der Waals surface area contributed by atoms with E-state index in [4.69, 9.17) is 9.47 Å². The molecule has 1 aromatic carbocycles. The van der Waals surface area contributed by atoms with Gasteiger partial charge < -0.3 is 19.7 Å². The minimum absolute atomic E-state index is 0. The molecule has 1 atom stereocenters. The molecule has 1 aliphatic heterocycles. The van der Waals surface area contributed by atoms with Crippen LogP contribution in [0.15, 0.2) is 24.4 Å². The van der Waals surface area contributed by atoms with Gasteiger partial charge in [-0.25, -0.2) is 14.4 Å². The molecule has 0 aliphatic carbocycles. The highest BCUT2D eigenvalue weighted by atomic mass is 35.5. The number of anilines is 1. The van der Waals surface area contributed by atoms with Crippen molar-refractivity contribution in [3.8, 4) is 16.9 Å². The molecule has 1 aliphatic rings. The van der Waals surface area contributed by atoms with Gasteiger partial charge in [0.05, 0.1) is 25.5 Å². The lowest BCUT2D eigenvalue weighted by atomic mass is 10.1. The summed E-state index contributed by atoms with van der Waals surface area (Å²) in [5.41, 5.74) is 1.84. The summed E-state index contributed by atoms with van der Waals surface area (Å²) in [6.45, 7) is 5.05. The Balaban J connectivity index is 0.00000243. The molecule has 0 spiro atoms. The maximum absolute atomic E-state index is 14.3. The van der Waals surface area contributed by atoms with Crippen molar-refractivity contribution in [1.29, 1.82) is 0 Å². The number of benzene rings is 1. The second kappa shape index (κ2) is 9.12. The van der Waals surface area contributed by atoms with Gasteiger partial charge in [-0.05, 0) is 26.1 Å². The van der Waals surface area contributed by atoms with Crippen LogP contribution >= 0.6 is 12.4 Å². The molecule has 0 bridgehead atoms. The van der Waals surface area contributed by atoms with Crippen molar-refractivity contribution in [1.82, 2.24) is 14.9 Å². The van der Waals surface area contributed by atoms with Crippen LogP contribution in [0.25, 0.3) is 11.1 Å². The zero-order valence-corrected chi connectivity index (χ0v) is 16.0. The SMILES string of the molecule is COc1ccc(-c2cnc(NCC3CN(C)CCO3)nc2C)c(F)c1.Cl. The van der Waals surface area contributed by atoms with Gasteiger partial charge >= 0.3 is 0 Å². The third-order valence-corrected chi connectivity index (χ3v) is 4.28. The summed E-state index contributed by atoms with van der Waals surface area (Å²) in [6.07, 6.45) is 1.75. The summed E-state index contributed by atoms with van der Waals surface area (Å²) in [4.78, 5) is 11.0. The first-order valence-corrected chi connectivity index (χ1v) is 8.28. The number of nitrogens with zero attached hydrogens (tertiary/aromatic N) is 3. The normalized spacial score (nSPS) is 17.5. The highest BCUT2D eigenvalue weighted by Crippen LogP contribution is 2.28. The zero-order valence-electron chi connectivity index (χ0n) is 15.2. The van der Waals surface area contributed by atoms with Gasteiger partial charge in [0.15, 0.2) is 0 Å². The first-order valence-electron chi connectivity index (χ1n) is 8.28. The van der Waals surface area contributed by atoms with Crippen molar-refractivity contribution in [3.63, 3.8) is 0 Å². The molecule has 6 nitrogen and oxygen atoms in total. The highest BCUT2D eigenvalue weighted by Gasteiger charge is 2.18. The van der Waals surface area contributed by atoms with Crippen molar-refractivity contribution in [2.45, 2.75) is 13.0 Å². The minimum atomic E-state index is -0.356. The lowest BCUT2D eigenvalue weighted by molar-refractivity contribution is -0.0118. The molecule has 1 fully saturated rings.